The van der Waals surface area contributed by atoms with Crippen molar-refractivity contribution in [1.29, 1.82) is 0 Å². The van der Waals surface area contributed by atoms with Gasteiger partial charge in [-0.1, -0.05) is 0 Å². The third-order valence-corrected chi connectivity index (χ3v) is 5.86. The van der Waals surface area contributed by atoms with E-state index in [2.05, 4.69) is 25.2 Å². The van der Waals surface area contributed by atoms with Gasteiger partial charge in [0.05, 0.1) is 10.9 Å². The van der Waals surface area contributed by atoms with E-state index < -0.39 is 16.1 Å². The monoisotopic (exact) mass is 327 g/mol. The lowest BCUT2D eigenvalue weighted by Gasteiger charge is -2.10. The van der Waals surface area contributed by atoms with E-state index in [1.165, 1.54) is 30.5 Å². The largest absolute Gasteiger partial charge is 0.309 e. The Balaban J connectivity index is 1.66. The van der Waals surface area contributed by atoms with Crippen LogP contribution < -0.4 is 10.0 Å². The Morgan fingerprint density at radius 2 is 2.33 bits per heavy atom. The molecule has 0 amide bonds. The van der Waals surface area contributed by atoms with Crippen LogP contribution in [0.2, 0.25) is 0 Å². The molecule has 0 saturated heterocycles. The zero-order valence-corrected chi connectivity index (χ0v) is 13.2. The summed E-state index contributed by atoms with van der Waals surface area (Å²) in [6, 6.07) is 1.87. The first-order chi connectivity index (χ1) is 10.0. The predicted octanol–water partition coefficient (Wildman–Crippen LogP) is 1.16. The molecule has 0 aromatic carbocycles. The molecule has 9 heteroatoms. The van der Waals surface area contributed by atoms with E-state index in [1.807, 2.05) is 0 Å². The van der Waals surface area contributed by atoms with E-state index in [4.69, 9.17) is 0 Å². The second-order valence-corrected chi connectivity index (χ2v) is 7.83. The first-order valence-electron chi connectivity index (χ1n) is 6.73. The second-order valence-electron chi connectivity index (χ2n) is 5.12. The van der Waals surface area contributed by atoms with Crippen molar-refractivity contribution in [3.63, 3.8) is 0 Å². The topological polar surface area (TPSA) is 99.8 Å². The van der Waals surface area contributed by atoms with Crippen LogP contribution in [0.1, 0.15) is 36.5 Å². The fraction of sp³-hybridized carbons (Fsp3) is 0.500. The summed E-state index contributed by atoms with van der Waals surface area (Å²) in [5.74, 6) is 0.490. The maximum Gasteiger partial charge on any atom is 0.242 e. The Labute approximate surface area is 127 Å². The van der Waals surface area contributed by atoms with Crippen molar-refractivity contribution < 1.29 is 8.42 Å². The van der Waals surface area contributed by atoms with Crippen molar-refractivity contribution >= 4 is 21.4 Å². The lowest BCUT2D eigenvalue weighted by atomic mass is 10.3. The van der Waals surface area contributed by atoms with Gasteiger partial charge in [0, 0.05) is 22.8 Å². The summed E-state index contributed by atoms with van der Waals surface area (Å²) in [6.07, 6.45) is 3.78. The minimum Gasteiger partial charge on any atom is -0.309 e. The first-order valence-corrected chi connectivity index (χ1v) is 9.09. The molecule has 0 spiro atoms. The summed E-state index contributed by atoms with van der Waals surface area (Å²) in [6.45, 7) is 2.45. The average Bonchev–Trinajstić information content (AvgIpc) is 2.96. The highest BCUT2D eigenvalue weighted by molar-refractivity contribution is 7.89. The fourth-order valence-corrected chi connectivity index (χ4v) is 4.34. The minimum absolute atomic E-state index is 0.298. The van der Waals surface area contributed by atoms with E-state index >= 15 is 0 Å². The molecule has 1 aliphatic rings. The van der Waals surface area contributed by atoms with Crippen molar-refractivity contribution in [3.8, 4) is 0 Å². The Hall–Kier alpha value is -1.29. The average molecular weight is 327 g/mol. The van der Waals surface area contributed by atoms with Gasteiger partial charge in [0.25, 0.3) is 0 Å². The summed E-state index contributed by atoms with van der Waals surface area (Å²) >= 11 is 1.45. The molecule has 0 bridgehead atoms. The number of hydrogen-bond donors (Lipinski definition) is 3. The maximum absolute atomic E-state index is 12.3. The molecule has 0 radical (unpaired) electrons. The van der Waals surface area contributed by atoms with Crippen LogP contribution >= 0.6 is 11.3 Å². The number of H-pyrrole nitrogens is 1. The molecule has 3 N–H and O–H groups in total. The lowest BCUT2D eigenvalue weighted by molar-refractivity contribution is 0.560. The van der Waals surface area contributed by atoms with Crippen molar-refractivity contribution in [1.82, 2.24) is 25.2 Å². The molecule has 1 atom stereocenters. The molecule has 1 saturated carbocycles. The number of rotatable bonds is 7. The fourth-order valence-electron chi connectivity index (χ4n) is 1.91. The van der Waals surface area contributed by atoms with Crippen LogP contribution in [0.3, 0.4) is 0 Å². The standard InChI is InChI=1S/C12H17N5O2S2/c1-8(12-14-7-15-16-12)17-21(18,19)11-4-10(20-6-11)5-13-9-2-3-9/h4,6-9,13,17H,2-3,5H2,1H3,(H,14,15,16). The third kappa shape index (κ3) is 3.67. The summed E-state index contributed by atoms with van der Waals surface area (Å²) < 4.78 is 27.2. The number of nitrogens with zero attached hydrogens (tertiary/aromatic N) is 2. The molecule has 114 valence electrons. The van der Waals surface area contributed by atoms with Crippen molar-refractivity contribution in [3.05, 3.63) is 28.5 Å². The number of sulfonamides is 1. The quantitative estimate of drug-likeness (QED) is 0.708. The highest BCUT2D eigenvalue weighted by atomic mass is 32.2. The smallest absolute Gasteiger partial charge is 0.242 e. The number of aromatic nitrogens is 3. The van der Waals surface area contributed by atoms with Crippen LogP contribution in [-0.4, -0.2) is 29.6 Å². The molecule has 2 aromatic heterocycles. The zero-order chi connectivity index (χ0) is 14.9. The highest BCUT2D eigenvalue weighted by Gasteiger charge is 2.23. The predicted molar refractivity (Wildman–Crippen MR) is 79.3 cm³/mol. The number of nitrogens with one attached hydrogen (secondary N) is 3. The molecule has 1 fully saturated rings. The molecule has 7 nitrogen and oxygen atoms in total. The van der Waals surface area contributed by atoms with Crippen LogP contribution in [0.5, 0.6) is 0 Å². The van der Waals surface area contributed by atoms with Gasteiger partial charge in [-0.05, 0) is 25.8 Å². The summed E-state index contributed by atoms with van der Waals surface area (Å²) in [7, 11) is -3.54. The van der Waals surface area contributed by atoms with Crippen LogP contribution in [0.4, 0.5) is 0 Å². The molecule has 0 aliphatic heterocycles. The summed E-state index contributed by atoms with van der Waals surface area (Å²) in [4.78, 5) is 5.27. The number of thiophene rings is 1. The maximum atomic E-state index is 12.3. The Bertz CT molecular complexity index is 691. The molecule has 1 unspecified atom stereocenters. The van der Waals surface area contributed by atoms with Crippen molar-refractivity contribution in [2.24, 2.45) is 0 Å². The molecule has 3 rings (SSSR count). The third-order valence-electron chi connectivity index (χ3n) is 3.26. The Morgan fingerprint density at radius 3 is 3.00 bits per heavy atom. The molecule has 21 heavy (non-hydrogen) atoms. The van der Waals surface area contributed by atoms with Crippen LogP contribution in [-0.2, 0) is 16.6 Å². The van der Waals surface area contributed by atoms with Gasteiger partial charge in [-0.2, -0.15) is 5.10 Å². The number of hydrogen-bond acceptors (Lipinski definition) is 6. The summed E-state index contributed by atoms with van der Waals surface area (Å²) in [5, 5.41) is 11.4. The van der Waals surface area contributed by atoms with Gasteiger partial charge >= 0.3 is 0 Å². The van der Waals surface area contributed by atoms with Crippen LogP contribution in [0, 0.1) is 0 Å². The summed E-state index contributed by atoms with van der Waals surface area (Å²) in [5.41, 5.74) is 0. The van der Waals surface area contributed by atoms with Crippen LogP contribution in [0.15, 0.2) is 22.7 Å². The van der Waals surface area contributed by atoms with Gasteiger partial charge in [-0.15, -0.1) is 11.3 Å². The molecule has 2 aromatic rings. The number of aromatic amines is 1. The van der Waals surface area contributed by atoms with E-state index in [0.717, 1.165) is 11.4 Å². The Kier molecular flexibility index (Phi) is 4.07. The van der Waals surface area contributed by atoms with E-state index in [9.17, 15) is 8.42 Å². The highest BCUT2D eigenvalue weighted by Crippen LogP contribution is 2.23. The van der Waals surface area contributed by atoms with Gasteiger partial charge in [0.1, 0.15) is 12.2 Å². The van der Waals surface area contributed by atoms with Crippen LogP contribution in [0.25, 0.3) is 0 Å². The van der Waals surface area contributed by atoms with Crippen molar-refractivity contribution in [2.45, 2.75) is 43.3 Å². The minimum atomic E-state index is -3.54. The SMILES string of the molecule is CC(NS(=O)(=O)c1csc(CNC2CC2)c1)c1ncn[nH]1. The molecule has 2 heterocycles. The molecular weight excluding hydrogens is 310 g/mol. The first kappa shape index (κ1) is 14.6. The van der Waals surface area contributed by atoms with E-state index in [1.54, 1.807) is 18.4 Å². The van der Waals surface area contributed by atoms with Gasteiger partial charge in [0.2, 0.25) is 10.0 Å². The van der Waals surface area contributed by atoms with Gasteiger partial charge < -0.3 is 5.32 Å². The second kappa shape index (κ2) is 5.84. The van der Waals surface area contributed by atoms with Gasteiger partial charge in [-0.25, -0.2) is 18.1 Å². The molecular formula is C12H17N5O2S2. The normalized spacial score (nSPS) is 17.0. The van der Waals surface area contributed by atoms with E-state index in [-0.39, 0.29) is 0 Å². The lowest BCUT2D eigenvalue weighted by Crippen LogP contribution is -2.27. The van der Waals surface area contributed by atoms with E-state index in [0.29, 0.717) is 16.8 Å². The zero-order valence-electron chi connectivity index (χ0n) is 11.5. The van der Waals surface area contributed by atoms with Crippen molar-refractivity contribution in [2.75, 3.05) is 0 Å². The van der Waals surface area contributed by atoms with Gasteiger partial charge in [0.15, 0.2) is 0 Å². The van der Waals surface area contributed by atoms with Gasteiger partial charge in [-0.3, -0.25) is 5.10 Å². The Morgan fingerprint density at radius 1 is 1.52 bits per heavy atom. The molecule has 1 aliphatic carbocycles.